The Morgan fingerprint density at radius 3 is 2.21 bits per heavy atom. The molecule has 2 rings (SSSR count). The third kappa shape index (κ3) is 5.90. The van der Waals surface area contributed by atoms with E-state index in [1.54, 1.807) is 25.1 Å². The summed E-state index contributed by atoms with van der Waals surface area (Å²) in [5, 5.41) is 2.95. The topological polar surface area (TPSA) is 83.1 Å². The number of ether oxygens (including phenoxy) is 4. The van der Waals surface area contributed by atoms with Crippen LogP contribution in [0.1, 0.15) is 44.6 Å². The van der Waals surface area contributed by atoms with Gasteiger partial charge >= 0.3 is 5.97 Å². The molecule has 0 radical (unpaired) electrons. The van der Waals surface area contributed by atoms with Gasteiger partial charge in [-0.05, 0) is 31.9 Å². The average Bonchev–Trinajstić information content (AvgIpc) is 2.72. The number of hydrogen-bond acceptors (Lipinski definition) is 6. The molecule has 0 aliphatic heterocycles. The molecule has 0 unspecified atom stereocenters. The molecule has 1 aromatic carbocycles. The summed E-state index contributed by atoms with van der Waals surface area (Å²) in [5.74, 6) is 0.675. The van der Waals surface area contributed by atoms with Crippen molar-refractivity contribution in [3.05, 3.63) is 23.8 Å². The normalized spacial score (nSPS) is 15.7. The summed E-state index contributed by atoms with van der Waals surface area (Å²) >= 11 is 0. The van der Waals surface area contributed by atoms with E-state index in [2.05, 4.69) is 5.32 Å². The second-order valence-electron chi connectivity index (χ2n) is 6.71. The second-order valence-corrected chi connectivity index (χ2v) is 6.71. The van der Waals surface area contributed by atoms with Crippen molar-refractivity contribution >= 4 is 18.0 Å². The maximum Gasteiger partial charge on any atom is 0.331 e. The molecule has 1 aromatic rings. The number of esters is 1. The van der Waals surface area contributed by atoms with Gasteiger partial charge in [0.1, 0.15) is 5.75 Å². The molecular formula is C21H29NO6. The molecule has 7 nitrogen and oxygen atoms in total. The molecule has 1 atom stereocenters. The lowest BCUT2D eigenvalue weighted by Gasteiger charge is -2.24. The van der Waals surface area contributed by atoms with Crippen LogP contribution in [-0.2, 0) is 14.3 Å². The molecule has 1 aliphatic rings. The van der Waals surface area contributed by atoms with Crippen LogP contribution in [0.25, 0.3) is 6.08 Å². The van der Waals surface area contributed by atoms with Crippen LogP contribution >= 0.6 is 0 Å². The predicted molar refractivity (Wildman–Crippen MR) is 106 cm³/mol. The van der Waals surface area contributed by atoms with Gasteiger partial charge in [-0.1, -0.05) is 19.3 Å². The fourth-order valence-corrected chi connectivity index (χ4v) is 3.17. The molecule has 1 fully saturated rings. The van der Waals surface area contributed by atoms with Gasteiger partial charge in [-0.3, -0.25) is 4.79 Å². The Kier molecular flexibility index (Phi) is 8.17. The lowest BCUT2D eigenvalue weighted by molar-refractivity contribution is -0.150. The summed E-state index contributed by atoms with van der Waals surface area (Å²) in [4.78, 5) is 24.3. The first-order chi connectivity index (χ1) is 13.5. The number of carbonyl (C=O) groups is 2. The fraction of sp³-hybridized carbons (Fsp3) is 0.524. The van der Waals surface area contributed by atoms with Gasteiger partial charge in [0, 0.05) is 23.7 Å². The molecule has 7 heteroatoms. The van der Waals surface area contributed by atoms with E-state index in [0.29, 0.717) is 22.8 Å². The quantitative estimate of drug-likeness (QED) is 0.542. The molecule has 1 N–H and O–H groups in total. The number of methoxy groups -OCH3 is 3. The zero-order valence-electron chi connectivity index (χ0n) is 16.9. The molecule has 0 spiro atoms. The molecule has 28 heavy (non-hydrogen) atoms. The van der Waals surface area contributed by atoms with Crippen molar-refractivity contribution in [2.75, 3.05) is 21.3 Å². The highest BCUT2D eigenvalue weighted by Crippen LogP contribution is 2.35. The van der Waals surface area contributed by atoms with Gasteiger partial charge in [-0.15, -0.1) is 0 Å². The zero-order valence-corrected chi connectivity index (χ0v) is 16.9. The van der Waals surface area contributed by atoms with Gasteiger partial charge in [0.25, 0.3) is 5.91 Å². The molecule has 0 heterocycles. The van der Waals surface area contributed by atoms with Gasteiger partial charge in [0.05, 0.1) is 21.3 Å². The van der Waals surface area contributed by atoms with Crippen LogP contribution in [-0.4, -0.2) is 45.4 Å². The molecule has 0 aromatic heterocycles. The monoisotopic (exact) mass is 391 g/mol. The van der Waals surface area contributed by atoms with Crippen molar-refractivity contribution in [1.82, 2.24) is 5.32 Å². The van der Waals surface area contributed by atoms with E-state index < -0.39 is 12.1 Å². The fourth-order valence-electron chi connectivity index (χ4n) is 3.17. The Bertz CT molecular complexity index is 709. The summed E-state index contributed by atoms with van der Waals surface area (Å²) in [6.07, 6.45) is 7.36. The van der Waals surface area contributed by atoms with Gasteiger partial charge in [-0.25, -0.2) is 4.79 Å². The number of rotatable bonds is 8. The Morgan fingerprint density at radius 2 is 1.61 bits per heavy atom. The highest BCUT2D eigenvalue weighted by atomic mass is 16.5. The Labute approximate surface area is 166 Å². The summed E-state index contributed by atoms with van der Waals surface area (Å²) in [6, 6.07) is 3.54. The van der Waals surface area contributed by atoms with Crippen LogP contribution in [0.2, 0.25) is 0 Å². The molecule has 154 valence electrons. The van der Waals surface area contributed by atoms with Crippen LogP contribution in [0.5, 0.6) is 17.2 Å². The van der Waals surface area contributed by atoms with Crippen LogP contribution in [0.4, 0.5) is 0 Å². The predicted octanol–water partition coefficient (Wildman–Crippen LogP) is 3.11. The van der Waals surface area contributed by atoms with Gasteiger partial charge in [-0.2, -0.15) is 0 Å². The minimum atomic E-state index is -0.855. The van der Waals surface area contributed by atoms with Crippen molar-refractivity contribution in [2.24, 2.45) is 0 Å². The van der Waals surface area contributed by atoms with Gasteiger partial charge in [0.2, 0.25) is 0 Å². The minimum Gasteiger partial charge on any atom is -0.496 e. The third-order valence-corrected chi connectivity index (χ3v) is 4.75. The zero-order chi connectivity index (χ0) is 20.5. The van der Waals surface area contributed by atoms with E-state index in [0.717, 1.165) is 25.7 Å². The lowest BCUT2D eigenvalue weighted by Crippen LogP contribution is -2.42. The highest BCUT2D eigenvalue weighted by Gasteiger charge is 2.21. The summed E-state index contributed by atoms with van der Waals surface area (Å²) in [7, 11) is 4.58. The van der Waals surface area contributed by atoms with E-state index in [9.17, 15) is 9.59 Å². The second kappa shape index (κ2) is 10.6. The first-order valence-corrected chi connectivity index (χ1v) is 9.47. The maximum absolute atomic E-state index is 12.2. The van der Waals surface area contributed by atoms with E-state index in [1.807, 2.05) is 0 Å². The Hall–Kier alpha value is -2.70. The lowest BCUT2D eigenvalue weighted by atomic mass is 9.95. The SMILES string of the molecule is COc1cc(OC)c(OC)cc1/C=C/C(=O)O[C@@H](C)C(=O)NC1CCCCC1. The molecule has 1 aliphatic carbocycles. The summed E-state index contributed by atoms with van der Waals surface area (Å²) in [5.41, 5.74) is 0.622. The number of hydrogen-bond donors (Lipinski definition) is 1. The summed E-state index contributed by atoms with van der Waals surface area (Å²) in [6.45, 7) is 1.57. The van der Waals surface area contributed by atoms with Crippen molar-refractivity contribution in [3.8, 4) is 17.2 Å². The number of amides is 1. The smallest absolute Gasteiger partial charge is 0.331 e. The maximum atomic E-state index is 12.2. The van der Waals surface area contributed by atoms with E-state index in [-0.39, 0.29) is 11.9 Å². The molecule has 1 amide bonds. The minimum absolute atomic E-state index is 0.175. The van der Waals surface area contributed by atoms with E-state index >= 15 is 0 Å². The molecular weight excluding hydrogens is 362 g/mol. The first-order valence-electron chi connectivity index (χ1n) is 9.47. The van der Waals surface area contributed by atoms with Crippen molar-refractivity contribution in [1.29, 1.82) is 0 Å². The summed E-state index contributed by atoms with van der Waals surface area (Å²) < 4.78 is 21.0. The first kappa shape index (κ1) is 21.6. The standard InChI is InChI=1S/C21H29NO6/c1-14(21(24)22-16-8-6-5-7-9-16)28-20(23)11-10-15-12-18(26-3)19(27-4)13-17(15)25-2/h10-14,16H,5-9H2,1-4H3,(H,22,24)/b11-10+/t14-/m0/s1. The van der Waals surface area contributed by atoms with Crippen LogP contribution in [0, 0.1) is 0 Å². The number of carbonyl (C=O) groups excluding carboxylic acids is 2. The number of nitrogens with one attached hydrogen (secondary N) is 1. The van der Waals surface area contributed by atoms with Crippen molar-refractivity contribution < 1.29 is 28.5 Å². The van der Waals surface area contributed by atoms with E-state index in [1.165, 1.54) is 33.8 Å². The average molecular weight is 391 g/mol. The van der Waals surface area contributed by atoms with Crippen molar-refractivity contribution in [3.63, 3.8) is 0 Å². The molecule has 0 bridgehead atoms. The molecule has 1 saturated carbocycles. The van der Waals surface area contributed by atoms with Crippen molar-refractivity contribution in [2.45, 2.75) is 51.2 Å². The van der Waals surface area contributed by atoms with Crippen LogP contribution < -0.4 is 19.5 Å². The van der Waals surface area contributed by atoms with E-state index in [4.69, 9.17) is 18.9 Å². The van der Waals surface area contributed by atoms with Gasteiger partial charge < -0.3 is 24.3 Å². The third-order valence-electron chi connectivity index (χ3n) is 4.75. The highest BCUT2D eigenvalue weighted by molar-refractivity contribution is 5.91. The van der Waals surface area contributed by atoms with Crippen LogP contribution in [0.15, 0.2) is 18.2 Å². The van der Waals surface area contributed by atoms with Crippen LogP contribution in [0.3, 0.4) is 0 Å². The Balaban J connectivity index is 1.97. The van der Waals surface area contributed by atoms with Gasteiger partial charge in [0.15, 0.2) is 17.6 Å². The Morgan fingerprint density at radius 1 is 1.00 bits per heavy atom. The number of benzene rings is 1. The molecule has 0 saturated heterocycles. The largest absolute Gasteiger partial charge is 0.496 e.